The highest BCUT2D eigenvalue weighted by Gasteiger charge is 2.37. The van der Waals surface area contributed by atoms with Gasteiger partial charge in [0.05, 0.1) is 18.3 Å². The van der Waals surface area contributed by atoms with Crippen molar-refractivity contribution in [2.24, 2.45) is 0 Å². The predicted molar refractivity (Wildman–Crippen MR) is 66.8 cm³/mol. The molecule has 0 bridgehead atoms. The van der Waals surface area contributed by atoms with Gasteiger partial charge in [-0.2, -0.15) is 0 Å². The zero-order chi connectivity index (χ0) is 13.4. The molecule has 0 spiro atoms. The van der Waals surface area contributed by atoms with Gasteiger partial charge in [0.1, 0.15) is 0 Å². The van der Waals surface area contributed by atoms with Gasteiger partial charge in [-0.05, 0) is 0 Å². The molecular weight excluding hydrogens is 270 g/mol. The van der Waals surface area contributed by atoms with Crippen LogP contribution < -0.4 is 5.32 Å². The molecule has 9 heteroatoms. The number of thioether (sulfide) groups is 1. The molecule has 1 aromatic rings. The van der Waals surface area contributed by atoms with E-state index in [2.05, 4.69) is 15.6 Å². The molecule has 8 nitrogen and oxygen atoms in total. The zero-order valence-corrected chi connectivity index (χ0v) is 10.8. The molecule has 3 rings (SSSR count). The Kier molecular flexibility index (Phi) is 3.15. The summed E-state index contributed by atoms with van der Waals surface area (Å²) in [7, 11) is 0. The quantitative estimate of drug-likeness (QED) is 0.735. The molecule has 2 aliphatic rings. The summed E-state index contributed by atoms with van der Waals surface area (Å²) in [4.78, 5) is 24.5. The summed E-state index contributed by atoms with van der Waals surface area (Å²) in [5.41, 5.74) is -0.0707. The smallest absolute Gasteiger partial charge is 0.358 e. The Morgan fingerprint density at radius 1 is 1.47 bits per heavy atom. The van der Waals surface area contributed by atoms with Crippen molar-refractivity contribution in [3.63, 3.8) is 0 Å². The van der Waals surface area contributed by atoms with Gasteiger partial charge >= 0.3 is 5.97 Å². The van der Waals surface area contributed by atoms with E-state index in [-0.39, 0.29) is 23.7 Å². The molecule has 2 saturated heterocycles. The van der Waals surface area contributed by atoms with E-state index in [0.29, 0.717) is 13.1 Å². The van der Waals surface area contributed by atoms with Gasteiger partial charge in [-0.25, -0.2) is 9.48 Å². The van der Waals surface area contributed by atoms with E-state index in [4.69, 9.17) is 5.11 Å². The fourth-order valence-corrected chi connectivity index (χ4v) is 3.06. The van der Waals surface area contributed by atoms with E-state index >= 15 is 0 Å². The summed E-state index contributed by atoms with van der Waals surface area (Å²) < 4.78 is 1.52. The van der Waals surface area contributed by atoms with E-state index in [1.807, 2.05) is 0 Å². The number of hydrogen-bond donors (Lipinski definition) is 2. The average molecular weight is 283 g/mol. The van der Waals surface area contributed by atoms with E-state index in [9.17, 15) is 9.59 Å². The van der Waals surface area contributed by atoms with Crippen LogP contribution in [0.1, 0.15) is 16.5 Å². The number of amides is 1. The summed E-state index contributed by atoms with van der Waals surface area (Å²) in [5.74, 6) is 0.649. The van der Waals surface area contributed by atoms with Crippen LogP contribution in [-0.4, -0.2) is 67.6 Å². The minimum Gasteiger partial charge on any atom is -0.476 e. The summed E-state index contributed by atoms with van der Waals surface area (Å²) in [6.45, 7) is 1.12. The van der Waals surface area contributed by atoms with Crippen LogP contribution in [0.25, 0.3) is 0 Å². The number of likely N-dealkylation sites (tertiary alicyclic amines) is 1. The van der Waals surface area contributed by atoms with Crippen LogP contribution in [0.15, 0.2) is 6.20 Å². The highest BCUT2D eigenvalue weighted by atomic mass is 32.2. The molecule has 2 aliphatic heterocycles. The molecule has 1 atom stereocenters. The Hall–Kier alpha value is -1.61. The van der Waals surface area contributed by atoms with Crippen LogP contribution >= 0.6 is 11.8 Å². The number of hydrogen-bond acceptors (Lipinski definition) is 6. The lowest BCUT2D eigenvalue weighted by Crippen LogP contribution is -2.56. The Balaban J connectivity index is 1.56. The number of carboxylic acid groups (broad SMARTS) is 1. The highest BCUT2D eigenvalue weighted by molar-refractivity contribution is 7.99. The fourth-order valence-electron chi connectivity index (χ4n) is 2.13. The van der Waals surface area contributed by atoms with Gasteiger partial charge in [0, 0.05) is 24.7 Å². The molecule has 2 N–H and O–H groups in total. The van der Waals surface area contributed by atoms with Gasteiger partial charge in [-0.15, -0.1) is 16.9 Å². The van der Waals surface area contributed by atoms with Crippen molar-refractivity contribution in [3.8, 4) is 0 Å². The summed E-state index contributed by atoms with van der Waals surface area (Å²) >= 11 is 1.71. The topological polar surface area (TPSA) is 100 Å². The highest BCUT2D eigenvalue weighted by Crippen LogP contribution is 2.23. The number of carbonyl (C=O) groups excluding carboxylic acids is 1. The molecule has 1 amide bonds. The van der Waals surface area contributed by atoms with Gasteiger partial charge in [0.2, 0.25) is 5.91 Å². The SMILES string of the molecule is O=C(O)c1cn(C2CN(C(=O)C3CSCN3)C2)nn1. The fraction of sp³-hybridized carbons (Fsp3) is 0.600. The Bertz CT molecular complexity index is 507. The van der Waals surface area contributed by atoms with Crippen molar-refractivity contribution in [2.45, 2.75) is 12.1 Å². The standard InChI is InChI=1S/C10H13N5O3S/c16-9(8-4-19-5-11-8)14-1-6(2-14)15-3-7(10(17)18)12-13-15/h3,6,8,11H,1-2,4-5H2,(H,17,18). The van der Waals surface area contributed by atoms with Crippen molar-refractivity contribution in [2.75, 3.05) is 24.7 Å². The Labute approximate surface area is 113 Å². The van der Waals surface area contributed by atoms with Crippen LogP contribution in [0.3, 0.4) is 0 Å². The van der Waals surface area contributed by atoms with Crippen molar-refractivity contribution in [1.29, 1.82) is 0 Å². The van der Waals surface area contributed by atoms with Crippen molar-refractivity contribution in [1.82, 2.24) is 25.2 Å². The molecule has 0 aliphatic carbocycles. The lowest BCUT2D eigenvalue weighted by atomic mass is 10.1. The van der Waals surface area contributed by atoms with Crippen molar-refractivity contribution in [3.05, 3.63) is 11.9 Å². The third-order valence-corrected chi connectivity index (χ3v) is 4.23. The molecule has 19 heavy (non-hydrogen) atoms. The van der Waals surface area contributed by atoms with E-state index in [1.54, 1.807) is 16.7 Å². The minimum absolute atomic E-state index is 0.0265. The third-order valence-electron chi connectivity index (χ3n) is 3.29. The number of aromatic nitrogens is 3. The van der Waals surface area contributed by atoms with E-state index in [0.717, 1.165) is 11.6 Å². The van der Waals surface area contributed by atoms with Gasteiger partial charge < -0.3 is 10.0 Å². The van der Waals surface area contributed by atoms with Gasteiger partial charge in [0.15, 0.2) is 5.69 Å². The maximum Gasteiger partial charge on any atom is 0.358 e. The second-order valence-corrected chi connectivity index (χ2v) is 5.59. The molecule has 1 unspecified atom stereocenters. The lowest BCUT2D eigenvalue weighted by molar-refractivity contribution is -0.138. The van der Waals surface area contributed by atoms with Gasteiger partial charge in [-0.3, -0.25) is 10.1 Å². The van der Waals surface area contributed by atoms with E-state index < -0.39 is 5.97 Å². The molecule has 2 fully saturated rings. The first kappa shape index (κ1) is 12.4. The molecule has 3 heterocycles. The first-order valence-corrected chi connectivity index (χ1v) is 7.05. The molecular formula is C10H13N5O3S. The number of nitrogens with zero attached hydrogens (tertiary/aromatic N) is 4. The first-order chi connectivity index (χ1) is 9.15. The van der Waals surface area contributed by atoms with Gasteiger partial charge in [-0.1, -0.05) is 5.21 Å². The van der Waals surface area contributed by atoms with Crippen LogP contribution in [0.4, 0.5) is 0 Å². The zero-order valence-electron chi connectivity index (χ0n) is 10.0. The molecule has 0 radical (unpaired) electrons. The van der Waals surface area contributed by atoms with Crippen LogP contribution in [0.2, 0.25) is 0 Å². The number of nitrogens with one attached hydrogen (secondary N) is 1. The molecule has 0 saturated carbocycles. The normalized spacial score (nSPS) is 23.4. The number of rotatable bonds is 3. The first-order valence-electron chi connectivity index (χ1n) is 5.90. The predicted octanol–water partition coefficient (Wildman–Crippen LogP) is -0.978. The maximum absolute atomic E-state index is 12.0. The van der Waals surface area contributed by atoms with Crippen molar-refractivity contribution >= 4 is 23.6 Å². The second-order valence-electron chi connectivity index (χ2n) is 4.56. The monoisotopic (exact) mass is 283 g/mol. The van der Waals surface area contributed by atoms with Crippen LogP contribution in [0, 0.1) is 0 Å². The van der Waals surface area contributed by atoms with Crippen molar-refractivity contribution < 1.29 is 14.7 Å². The average Bonchev–Trinajstić information content (AvgIpc) is 2.98. The second kappa shape index (κ2) is 4.82. The Morgan fingerprint density at radius 2 is 2.26 bits per heavy atom. The largest absolute Gasteiger partial charge is 0.476 e. The third kappa shape index (κ3) is 2.30. The lowest BCUT2D eigenvalue weighted by Gasteiger charge is -2.40. The molecule has 102 valence electrons. The summed E-state index contributed by atoms with van der Waals surface area (Å²) in [5, 5.41) is 19.2. The summed E-state index contributed by atoms with van der Waals surface area (Å²) in [6, 6.07) is -0.0603. The summed E-state index contributed by atoms with van der Waals surface area (Å²) in [6.07, 6.45) is 1.40. The minimum atomic E-state index is -1.09. The Morgan fingerprint density at radius 3 is 2.84 bits per heavy atom. The maximum atomic E-state index is 12.0. The van der Waals surface area contributed by atoms with E-state index in [1.165, 1.54) is 10.9 Å². The van der Waals surface area contributed by atoms with Crippen LogP contribution in [-0.2, 0) is 4.79 Å². The molecule has 1 aromatic heterocycles. The number of aromatic carboxylic acids is 1. The number of carbonyl (C=O) groups is 2. The van der Waals surface area contributed by atoms with Crippen LogP contribution in [0.5, 0.6) is 0 Å². The molecule has 0 aromatic carbocycles. The van der Waals surface area contributed by atoms with Gasteiger partial charge in [0.25, 0.3) is 0 Å². The number of carboxylic acids is 1.